The van der Waals surface area contributed by atoms with Crippen molar-refractivity contribution in [1.82, 2.24) is 5.32 Å². The van der Waals surface area contributed by atoms with Crippen LogP contribution in [0.15, 0.2) is 18.2 Å². The highest BCUT2D eigenvalue weighted by molar-refractivity contribution is 6.00. The Hall–Kier alpha value is -1.75. The van der Waals surface area contributed by atoms with Gasteiger partial charge in [0, 0.05) is 36.5 Å². The Morgan fingerprint density at radius 3 is 2.86 bits per heavy atom. The normalized spacial score (nSPS) is 21.8. The molecule has 2 unspecified atom stereocenters. The molecule has 5 nitrogen and oxygen atoms in total. The van der Waals surface area contributed by atoms with Crippen LogP contribution in [0.25, 0.3) is 0 Å². The van der Waals surface area contributed by atoms with Crippen LogP contribution in [0.3, 0.4) is 0 Å². The van der Waals surface area contributed by atoms with Crippen molar-refractivity contribution in [2.75, 3.05) is 24.2 Å². The van der Waals surface area contributed by atoms with Crippen molar-refractivity contribution in [1.29, 1.82) is 0 Å². The quantitative estimate of drug-likeness (QED) is 0.625. The zero-order valence-corrected chi connectivity index (χ0v) is 12.6. The van der Waals surface area contributed by atoms with Crippen LogP contribution in [0.4, 0.5) is 11.4 Å². The monoisotopic (exact) mass is 291 g/mol. The number of nitrogens with one attached hydrogen (secondary N) is 2. The second-order valence-electron chi connectivity index (χ2n) is 5.64. The van der Waals surface area contributed by atoms with E-state index in [1.165, 1.54) is 0 Å². The maximum Gasteiger partial charge on any atom is 0.253 e. The first-order valence-corrected chi connectivity index (χ1v) is 7.70. The minimum Gasteiger partial charge on any atom is -0.399 e. The van der Waals surface area contributed by atoms with E-state index in [9.17, 15) is 9.90 Å². The molecule has 0 radical (unpaired) electrons. The molecule has 5 N–H and O–H groups in total. The molecule has 1 aromatic rings. The summed E-state index contributed by atoms with van der Waals surface area (Å²) in [6.07, 6.45) is 4.33. The van der Waals surface area contributed by atoms with E-state index in [0.29, 0.717) is 17.8 Å². The third kappa shape index (κ3) is 3.88. The Kier molecular flexibility index (Phi) is 5.44. The van der Waals surface area contributed by atoms with Gasteiger partial charge in [0.05, 0.1) is 5.56 Å². The molecule has 1 saturated carbocycles. The van der Waals surface area contributed by atoms with Gasteiger partial charge in [-0.1, -0.05) is 12.8 Å². The first kappa shape index (κ1) is 15.6. The Morgan fingerprint density at radius 2 is 2.14 bits per heavy atom. The highest BCUT2D eigenvalue weighted by atomic mass is 16.3. The van der Waals surface area contributed by atoms with Crippen molar-refractivity contribution in [3.63, 3.8) is 0 Å². The number of aliphatic hydroxyl groups excluding tert-OH is 1. The summed E-state index contributed by atoms with van der Waals surface area (Å²) in [5, 5.41) is 15.8. The molecule has 1 amide bonds. The average Bonchev–Trinajstić information content (AvgIpc) is 2.48. The largest absolute Gasteiger partial charge is 0.399 e. The molecular formula is C16H25N3O2. The number of amides is 1. The van der Waals surface area contributed by atoms with E-state index < -0.39 is 0 Å². The van der Waals surface area contributed by atoms with Crippen LogP contribution in [-0.2, 0) is 0 Å². The van der Waals surface area contributed by atoms with Gasteiger partial charge in [0.25, 0.3) is 5.91 Å². The molecule has 0 spiro atoms. The van der Waals surface area contributed by atoms with E-state index in [1.807, 2.05) is 6.92 Å². The maximum atomic E-state index is 12.1. The van der Waals surface area contributed by atoms with Crippen LogP contribution in [0, 0.1) is 5.92 Å². The number of benzene rings is 1. The number of nitrogens with two attached hydrogens (primary N) is 1. The lowest BCUT2D eigenvalue weighted by Crippen LogP contribution is -2.35. The van der Waals surface area contributed by atoms with E-state index in [1.54, 1.807) is 18.2 Å². The van der Waals surface area contributed by atoms with Crippen molar-refractivity contribution in [2.24, 2.45) is 5.92 Å². The molecule has 0 aromatic heterocycles. The number of hydrogen-bond acceptors (Lipinski definition) is 4. The first-order valence-electron chi connectivity index (χ1n) is 7.70. The summed E-state index contributed by atoms with van der Waals surface area (Å²) in [6.45, 7) is 2.66. The van der Waals surface area contributed by atoms with E-state index in [0.717, 1.165) is 31.4 Å². The third-order valence-electron chi connectivity index (χ3n) is 4.11. The molecule has 2 atom stereocenters. The molecule has 1 aliphatic carbocycles. The highest BCUT2D eigenvalue weighted by Crippen LogP contribution is 2.29. The van der Waals surface area contributed by atoms with E-state index in [4.69, 9.17) is 5.73 Å². The van der Waals surface area contributed by atoms with Crippen molar-refractivity contribution in [3.8, 4) is 0 Å². The number of rotatable bonds is 5. The molecule has 5 heteroatoms. The number of carbonyl (C=O) groups is 1. The second-order valence-corrected chi connectivity index (χ2v) is 5.64. The van der Waals surface area contributed by atoms with Crippen molar-refractivity contribution < 1.29 is 9.90 Å². The Morgan fingerprint density at radius 1 is 1.38 bits per heavy atom. The molecule has 116 valence electrons. The standard InChI is InChI=1S/C16H25N3O2/c1-2-18-16(21)13-8-7-12(17)9-15(13)19-14-6-4-3-5-11(14)10-20/h7-9,11,14,19-20H,2-6,10,17H2,1H3,(H,18,21). The second kappa shape index (κ2) is 7.31. The number of aliphatic hydroxyl groups is 1. The summed E-state index contributed by atoms with van der Waals surface area (Å²) in [6, 6.07) is 5.48. The van der Waals surface area contributed by atoms with Gasteiger partial charge in [0.2, 0.25) is 0 Å². The SMILES string of the molecule is CCNC(=O)c1ccc(N)cc1NC1CCCCC1CO. The number of anilines is 2. The van der Waals surface area contributed by atoms with Gasteiger partial charge < -0.3 is 21.5 Å². The van der Waals surface area contributed by atoms with Gasteiger partial charge in [-0.15, -0.1) is 0 Å². The Balaban J connectivity index is 2.21. The lowest BCUT2D eigenvalue weighted by Gasteiger charge is -2.32. The summed E-state index contributed by atoms with van der Waals surface area (Å²) in [7, 11) is 0. The first-order chi connectivity index (χ1) is 10.2. The van der Waals surface area contributed by atoms with Crippen molar-refractivity contribution >= 4 is 17.3 Å². The van der Waals surface area contributed by atoms with Crippen LogP contribution >= 0.6 is 0 Å². The minimum absolute atomic E-state index is 0.101. The van der Waals surface area contributed by atoms with Gasteiger partial charge in [-0.25, -0.2) is 0 Å². The van der Waals surface area contributed by atoms with Gasteiger partial charge in [0.1, 0.15) is 0 Å². The van der Waals surface area contributed by atoms with E-state index >= 15 is 0 Å². The highest BCUT2D eigenvalue weighted by Gasteiger charge is 2.25. The number of hydrogen-bond donors (Lipinski definition) is 4. The molecule has 1 aliphatic rings. The lowest BCUT2D eigenvalue weighted by molar-refractivity contribution is 0.0956. The fourth-order valence-corrected chi connectivity index (χ4v) is 2.95. The molecule has 0 bridgehead atoms. The summed E-state index contributed by atoms with van der Waals surface area (Å²) in [4.78, 5) is 12.1. The lowest BCUT2D eigenvalue weighted by atomic mass is 9.85. The Bertz CT molecular complexity index is 490. The number of carbonyl (C=O) groups excluding carboxylic acids is 1. The Labute approximate surface area is 125 Å². The van der Waals surface area contributed by atoms with Crippen LogP contribution in [-0.4, -0.2) is 30.2 Å². The predicted octanol–water partition coefficient (Wildman–Crippen LogP) is 1.98. The summed E-state index contributed by atoms with van der Waals surface area (Å²) in [5.41, 5.74) is 7.84. The summed E-state index contributed by atoms with van der Waals surface area (Å²) in [5.74, 6) is 0.138. The topological polar surface area (TPSA) is 87.4 Å². The molecule has 0 aliphatic heterocycles. The zero-order valence-electron chi connectivity index (χ0n) is 12.6. The molecule has 0 saturated heterocycles. The molecule has 2 rings (SSSR count). The van der Waals surface area contributed by atoms with Gasteiger partial charge in [0.15, 0.2) is 0 Å². The fraction of sp³-hybridized carbons (Fsp3) is 0.562. The molecule has 0 heterocycles. The van der Waals surface area contributed by atoms with Gasteiger partial charge in [-0.3, -0.25) is 4.79 Å². The minimum atomic E-state index is -0.101. The molecule has 1 fully saturated rings. The molecule has 1 aromatic carbocycles. The van der Waals surface area contributed by atoms with Gasteiger partial charge >= 0.3 is 0 Å². The van der Waals surface area contributed by atoms with Gasteiger partial charge in [-0.05, 0) is 38.0 Å². The summed E-state index contributed by atoms with van der Waals surface area (Å²) < 4.78 is 0. The molecular weight excluding hydrogens is 266 g/mol. The fourth-order valence-electron chi connectivity index (χ4n) is 2.95. The van der Waals surface area contributed by atoms with E-state index in [2.05, 4.69) is 10.6 Å². The van der Waals surface area contributed by atoms with Gasteiger partial charge in [-0.2, -0.15) is 0 Å². The average molecular weight is 291 g/mol. The number of nitrogen functional groups attached to an aromatic ring is 1. The molecule has 21 heavy (non-hydrogen) atoms. The smallest absolute Gasteiger partial charge is 0.253 e. The zero-order chi connectivity index (χ0) is 15.2. The van der Waals surface area contributed by atoms with Crippen LogP contribution < -0.4 is 16.4 Å². The maximum absolute atomic E-state index is 12.1. The van der Waals surface area contributed by atoms with Crippen LogP contribution in [0.2, 0.25) is 0 Å². The third-order valence-corrected chi connectivity index (χ3v) is 4.11. The van der Waals surface area contributed by atoms with Crippen molar-refractivity contribution in [3.05, 3.63) is 23.8 Å². The predicted molar refractivity (Wildman–Crippen MR) is 85.3 cm³/mol. The summed E-state index contributed by atoms with van der Waals surface area (Å²) >= 11 is 0. The van der Waals surface area contributed by atoms with E-state index in [-0.39, 0.29) is 24.5 Å². The van der Waals surface area contributed by atoms with Crippen LogP contribution in [0.1, 0.15) is 43.0 Å². The van der Waals surface area contributed by atoms with Crippen LogP contribution in [0.5, 0.6) is 0 Å². The van der Waals surface area contributed by atoms with Crippen molar-refractivity contribution in [2.45, 2.75) is 38.6 Å².